The Balaban J connectivity index is 1.87. The van der Waals surface area contributed by atoms with Gasteiger partial charge in [-0.3, -0.25) is 0 Å². The Kier molecular flexibility index (Phi) is 8.67. The summed E-state index contributed by atoms with van der Waals surface area (Å²) in [6.07, 6.45) is 6.95. The third-order valence-corrected chi connectivity index (χ3v) is 3.81. The maximum atomic E-state index is 3.21. The molecular formula is C14H31N3. The average molecular weight is 241 g/mol. The molecule has 0 unspecified atom stereocenters. The molecule has 0 bridgehead atoms. The summed E-state index contributed by atoms with van der Waals surface area (Å²) in [6, 6.07) is 0. The van der Waals surface area contributed by atoms with Crippen LogP contribution in [-0.4, -0.2) is 62.7 Å². The predicted octanol–water partition coefficient (Wildman–Crippen LogP) is 1.79. The van der Waals surface area contributed by atoms with E-state index in [0.717, 1.165) is 0 Å². The largest absolute Gasteiger partial charge is 0.320 e. The molecule has 0 aromatic rings. The lowest BCUT2D eigenvalue weighted by Crippen LogP contribution is -2.46. The van der Waals surface area contributed by atoms with Crippen molar-refractivity contribution in [3.63, 3.8) is 0 Å². The van der Waals surface area contributed by atoms with Gasteiger partial charge in [-0.05, 0) is 39.5 Å². The molecule has 17 heavy (non-hydrogen) atoms. The summed E-state index contributed by atoms with van der Waals surface area (Å²) in [5.74, 6) is 0. The monoisotopic (exact) mass is 241 g/mol. The Morgan fingerprint density at radius 2 is 1.41 bits per heavy atom. The highest BCUT2D eigenvalue weighted by atomic mass is 15.3. The van der Waals surface area contributed by atoms with E-state index < -0.39 is 0 Å². The van der Waals surface area contributed by atoms with E-state index in [9.17, 15) is 0 Å². The number of likely N-dealkylation sites (N-methyl/N-ethyl adjacent to an activating group) is 1. The number of rotatable bonds is 9. The number of nitrogens with zero attached hydrogens (tertiary/aromatic N) is 2. The van der Waals surface area contributed by atoms with Crippen LogP contribution in [0.2, 0.25) is 0 Å². The van der Waals surface area contributed by atoms with Crippen LogP contribution in [0.15, 0.2) is 0 Å². The van der Waals surface area contributed by atoms with Gasteiger partial charge >= 0.3 is 0 Å². The maximum absolute atomic E-state index is 3.21. The number of hydrogen-bond acceptors (Lipinski definition) is 3. The van der Waals surface area contributed by atoms with Gasteiger partial charge in [0.25, 0.3) is 0 Å². The minimum absolute atomic E-state index is 1.18. The predicted molar refractivity (Wildman–Crippen MR) is 75.6 cm³/mol. The first-order chi connectivity index (χ1) is 8.36. The fourth-order valence-corrected chi connectivity index (χ4v) is 2.50. The lowest BCUT2D eigenvalue weighted by Gasteiger charge is -2.33. The van der Waals surface area contributed by atoms with Crippen molar-refractivity contribution in [2.24, 2.45) is 0 Å². The van der Waals surface area contributed by atoms with E-state index in [1.54, 1.807) is 0 Å². The second-order valence-corrected chi connectivity index (χ2v) is 5.15. The average Bonchev–Trinajstić information content (AvgIpc) is 2.38. The Labute approximate surface area is 108 Å². The molecule has 102 valence electrons. The van der Waals surface area contributed by atoms with Gasteiger partial charge in [-0.1, -0.05) is 26.2 Å². The van der Waals surface area contributed by atoms with E-state index in [1.807, 2.05) is 7.05 Å². The molecule has 0 saturated carbocycles. The standard InChI is InChI=1S/C14H31N3/c1-3-16-11-13-17(14-12-16)10-8-6-4-5-7-9-15-2/h15H,3-14H2,1-2H3. The van der Waals surface area contributed by atoms with Crippen LogP contribution >= 0.6 is 0 Å². The van der Waals surface area contributed by atoms with Gasteiger partial charge in [0.05, 0.1) is 0 Å². The minimum atomic E-state index is 1.18. The molecule has 0 aromatic heterocycles. The highest BCUT2D eigenvalue weighted by Crippen LogP contribution is 2.06. The van der Waals surface area contributed by atoms with Gasteiger partial charge in [0.2, 0.25) is 0 Å². The molecule has 0 aliphatic carbocycles. The van der Waals surface area contributed by atoms with Gasteiger partial charge in [0.15, 0.2) is 0 Å². The van der Waals surface area contributed by atoms with Gasteiger partial charge in [-0.25, -0.2) is 0 Å². The van der Waals surface area contributed by atoms with Crippen molar-refractivity contribution < 1.29 is 0 Å². The molecule has 1 rings (SSSR count). The van der Waals surface area contributed by atoms with Crippen molar-refractivity contribution in [1.29, 1.82) is 0 Å². The van der Waals surface area contributed by atoms with Crippen molar-refractivity contribution >= 4 is 0 Å². The van der Waals surface area contributed by atoms with Crippen LogP contribution in [0.5, 0.6) is 0 Å². The van der Waals surface area contributed by atoms with E-state index >= 15 is 0 Å². The summed E-state index contributed by atoms with van der Waals surface area (Å²) in [7, 11) is 2.04. The third-order valence-electron chi connectivity index (χ3n) is 3.81. The first kappa shape index (κ1) is 14.9. The lowest BCUT2D eigenvalue weighted by molar-refractivity contribution is 0.135. The first-order valence-corrected chi connectivity index (χ1v) is 7.46. The number of unbranched alkanes of at least 4 members (excludes halogenated alkanes) is 4. The minimum Gasteiger partial charge on any atom is -0.320 e. The zero-order valence-electron chi connectivity index (χ0n) is 11.9. The number of piperazine rings is 1. The van der Waals surface area contributed by atoms with Gasteiger partial charge in [0.1, 0.15) is 0 Å². The number of hydrogen-bond donors (Lipinski definition) is 1. The number of nitrogens with one attached hydrogen (secondary N) is 1. The summed E-state index contributed by atoms with van der Waals surface area (Å²) >= 11 is 0. The van der Waals surface area contributed by atoms with E-state index in [0.29, 0.717) is 0 Å². The molecular weight excluding hydrogens is 210 g/mol. The lowest BCUT2D eigenvalue weighted by atomic mass is 10.1. The molecule has 0 aromatic carbocycles. The van der Waals surface area contributed by atoms with E-state index in [-0.39, 0.29) is 0 Å². The van der Waals surface area contributed by atoms with Crippen molar-refractivity contribution in [1.82, 2.24) is 15.1 Å². The van der Waals surface area contributed by atoms with E-state index in [4.69, 9.17) is 0 Å². The summed E-state index contributed by atoms with van der Waals surface area (Å²) in [6.45, 7) is 11.1. The highest BCUT2D eigenvalue weighted by Gasteiger charge is 2.14. The van der Waals surface area contributed by atoms with Crippen LogP contribution in [0.25, 0.3) is 0 Å². The van der Waals surface area contributed by atoms with Gasteiger partial charge in [-0.2, -0.15) is 0 Å². The molecule has 0 spiro atoms. The summed E-state index contributed by atoms with van der Waals surface area (Å²) in [4.78, 5) is 5.19. The SMILES string of the molecule is CCN1CCN(CCCCCCCNC)CC1. The molecule has 0 atom stereocenters. The molecule has 1 heterocycles. The molecule has 1 fully saturated rings. The van der Waals surface area contributed by atoms with Gasteiger partial charge in [0, 0.05) is 26.2 Å². The van der Waals surface area contributed by atoms with Crippen LogP contribution in [0.1, 0.15) is 39.0 Å². The van der Waals surface area contributed by atoms with Gasteiger partial charge < -0.3 is 15.1 Å². The Morgan fingerprint density at radius 3 is 2.06 bits per heavy atom. The van der Waals surface area contributed by atoms with E-state index in [1.165, 1.54) is 77.9 Å². The van der Waals surface area contributed by atoms with Crippen molar-refractivity contribution in [3.05, 3.63) is 0 Å². The normalized spacial score (nSPS) is 18.7. The molecule has 1 N–H and O–H groups in total. The molecule has 0 radical (unpaired) electrons. The zero-order valence-corrected chi connectivity index (χ0v) is 11.9. The second-order valence-electron chi connectivity index (χ2n) is 5.15. The fraction of sp³-hybridized carbons (Fsp3) is 1.00. The molecule has 1 aliphatic heterocycles. The summed E-state index contributed by atoms with van der Waals surface area (Å²) in [5.41, 5.74) is 0. The first-order valence-electron chi connectivity index (χ1n) is 7.46. The Hall–Kier alpha value is -0.120. The second kappa shape index (κ2) is 9.86. The summed E-state index contributed by atoms with van der Waals surface area (Å²) < 4.78 is 0. The highest BCUT2D eigenvalue weighted by molar-refractivity contribution is 4.70. The third kappa shape index (κ3) is 7.02. The van der Waals surface area contributed by atoms with Crippen LogP contribution in [0.3, 0.4) is 0 Å². The topological polar surface area (TPSA) is 18.5 Å². The smallest absolute Gasteiger partial charge is 0.0110 e. The van der Waals surface area contributed by atoms with Crippen LogP contribution in [0.4, 0.5) is 0 Å². The summed E-state index contributed by atoms with van der Waals surface area (Å²) in [5, 5.41) is 3.21. The Morgan fingerprint density at radius 1 is 0.824 bits per heavy atom. The van der Waals surface area contributed by atoms with Crippen LogP contribution < -0.4 is 5.32 Å². The van der Waals surface area contributed by atoms with Gasteiger partial charge in [-0.15, -0.1) is 0 Å². The Bertz CT molecular complexity index is 165. The molecule has 1 aliphatic rings. The fourth-order valence-electron chi connectivity index (χ4n) is 2.50. The molecule has 3 nitrogen and oxygen atoms in total. The quantitative estimate of drug-likeness (QED) is 0.621. The maximum Gasteiger partial charge on any atom is 0.0110 e. The molecule has 3 heteroatoms. The van der Waals surface area contributed by atoms with Crippen molar-refractivity contribution in [2.75, 3.05) is 52.9 Å². The van der Waals surface area contributed by atoms with E-state index in [2.05, 4.69) is 22.0 Å². The van der Waals surface area contributed by atoms with Crippen LogP contribution in [-0.2, 0) is 0 Å². The zero-order chi connectivity index (χ0) is 12.3. The van der Waals surface area contributed by atoms with Crippen molar-refractivity contribution in [2.45, 2.75) is 39.0 Å². The van der Waals surface area contributed by atoms with Crippen LogP contribution in [0, 0.1) is 0 Å². The molecule has 0 amide bonds. The van der Waals surface area contributed by atoms with Crippen molar-refractivity contribution in [3.8, 4) is 0 Å². The molecule has 1 saturated heterocycles.